The number of ether oxygens (including phenoxy) is 1. The van der Waals surface area contributed by atoms with Crippen LogP contribution in [0.2, 0.25) is 0 Å². The second-order valence-corrected chi connectivity index (χ2v) is 4.34. The number of hydrogen-bond acceptors (Lipinski definition) is 4. The number of para-hydroxylation sites is 1. The Bertz CT molecular complexity index is 692. The van der Waals surface area contributed by atoms with Gasteiger partial charge in [-0.3, -0.25) is 4.99 Å². The van der Waals surface area contributed by atoms with E-state index in [1.807, 2.05) is 42.5 Å². The van der Waals surface area contributed by atoms with E-state index in [4.69, 9.17) is 4.74 Å². The largest absolute Gasteiger partial charge is 0.424 e. The molecular formula is C16H11NO3. The third-order valence-electron chi connectivity index (χ3n) is 3.04. The molecule has 98 valence electrons. The summed E-state index contributed by atoms with van der Waals surface area (Å²) in [6.07, 6.45) is 0.497. The molecule has 1 heterocycles. The van der Waals surface area contributed by atoms with Crippen molar-refractivity contribution in [2.45, 2.75) is 6.04 Å². The lowest BCUT2D eigenvalue weighted by Crippen LogP contribution is -2.24. The van der Waals surface area contributed by atoms with Gasteiger partial charge in [0, 0.05) is 11.1 Å². The summed E-state index contributed by atoms with van der Waals surface area (Å²) in [6, 6.07) is 15.4. The van der Waals surface area contributed by atoms with Gasteiger partial charge in [0.1, 0.15) is 5.75 Å². The zero-order valence-electron chi connectivity index (χ0n) is 10.5. The lowest BCUT2D eigenvalue weighted by atomic mass is 10.0. The van der Waals surface area contributed by atoms with Crippen molar-refractivity contribution in [3.63, 3.8) is 0 Å². The maximum absolute atomic E-state index is 11.8. The average molecular weight is 265 g/mol. The van der Waals surface area contributed by atoms with Gasteiger partial charge in [0.2, 0.25) is 6.04 Å². The first kappa shape index (κ1) is 12.3. The van der Waals surface area contributed by atoms with Crippen LogP contribution in [0.4, 0.5) is 0 Å². The molecule has 3 rings (SSSR count). The van der Waals surface area contributed by atoms with E-state index in [0.29, 0.717) is 23.3 Å². The Hall–Kier alpha value is -2.75. The van der Waals surface area contributed by atoms with E-state index in [-0.39, 0.29) is 0 Å². The van der Waals surface area contributed by atoms with Gasteiger partial charge in [0.15, 0.2) is 6.29 Å². The van der Waals surface area contributed by atoms with Crippen LogP contribution in [0.15, 0.2) is 59.6 Å². The first-order valence-electron chi connectivity index (χ1n) is 6.19. The fraction of sp³-hybridized carbons (Fsp3) is 0.0625. The number of rotatable bonds is 2. The topological polar surface area (TPSA) is 55.7 Å². The maximum atomic E-state index is 11.8. The minimum Gasteiger partial charge on any atom is -0.424 e. The van der Waals surface area contributed by atoms with E-state index < -0.39 is 12.0 Å². The van der Waals surface area contributed by atoms with E-state index in [1.165, 1.54) is 0 Å². The van der Waals surface area contributed by atoms with Crippen LogP contribution in [0.3, 0.4) is 0 Å². The number of benzene rings is 2. The van der Waals surface area contributed by atoms with Gasteiger partial charge in [-0.1, -0.05) is 42.5 Å². The molecule has 4 nitrogen and oxygen atoms in total. The van der Waals surface area contributed by atoms with Crippen molar-refractivity contribution in [1.29, 1.82) is 0 Å². The fourth-order valence-corrected chi connectivity index (χ4v) is 2.09. The third kappa shape index (κ3) is 2.12. The second-order valence-electron chi connectivity index (χ2n) is 4.34. The van der Waals surface area contributed by atoms with Crippen molar-refractivity contribution in [3.8, 4) is 5.75 Å². The summed E-state index contributed by atoms with van der Waals surface area (Å²) in [5.41, 5.74) is 2.13. The summed E-state index contributed by atoms with van der Waals surface area (Å²) in [6.45, 7) is 0. The lowest BCUT2D eigenvalue weighted by Gasteiger charge is -2.08. The Labute approximate surface area is 115 Å². The first-order chi connectivity index (χ1) is 9.79. The molecule has 1 atom stereocenters. The zero-order chi connectivity index (χ0) is 13.9. The SMILES string of the molecule is O=CC1N=C(c2ccccc2)c2ccccc2OC1=O. The van der Waals surface area contributed by atoms with Crippen LogP contribution in [0, 0.1) is 0 Å². The molecule has 0 N–H and O–H groups in total. The van der Waals surface area contributed by atoms with Gasteiger partial charge < -0.3 is 9.53 Å². The highest BCUT2D eigenvalue weighted by atomic mass is 16.5. The smallest absolute Gasteiger partial charge is 0.343 e. The Morgan fingerprint density at radius 2 is 1.70 bits per heavy atom. The molecule has 2 aromatic rings. The molecule has 4 heteroatoms. The van der Waals surface area contributed by atoms with Gasteiger partial charge >= 0.3 is 5.97 Å². The molecule has 1 aliphatic heterocycles. The van der Waals surface area contributed by atoms with Crippen LogP contribution >= 0.6 is 0 Å². The number of carbonyl (C=O) groups excluding carboxylic acids is 2. The Morgan fingerprint density at radius 1 is 1.00 bits per heavy atom. The van der Waals surface area contributed by atoms with Crippen molar-refractivity contribution in [2.75, 3.05) is 0 Å². The number of carbonyl (C=O) groups is 2. The molecule has 0 saturated heterocycles. The fourth-order valence-electron chi connectivity index (χ4n) is 2.09. The van der Waals surface area contributed by atoms with E-state index in [1.54, 1.807) is 12.1 Å². The maximum Gasteiger partial charge on any atom is 0.343 e. The normalized spacial score (nSPS) is 17.5. The number of nitrogens with zero attached hydrogens (tertiary/aromatic N) is 1. The van der Waals surface area contributed by atoms with Gasteiger partial charge in [-0.05, 0) is 12.1 Å². The lowest BCUT2D eigenvalue weighted by molar-refractivity contribution is -0.137. The van der Waals surface area contributed by atoms with Crippen molar-refractivity contribution in [1.82, 2.24) is 0 Å². The van der Waals surface area contributed by atoms with Crippen molar-refractivity contribution in [3.05, 3.63) is 65.7 Å². The highest BCUT2D eigenvalue weighted by Gasteiger charge is 2.26. The summed E-state index contributed by atoms with van der Waals surface area (Å²) in [4.78, 5) is 27.1. The Morgan fingerprint density at radius 3 is 2.45 bits per heavy atom. The van der Waals surface area contributed by atoms with Crippen LogP contribution in [0.5, 0.6) is 5.75 Å². The molecule has 0 saturated carbocycles. The number of fused-ring (bicyclic) bond motifs is 1. The standard InChI is InChI=1S/C16H11NO3/c18-10-13-16(19)20-14-9-5-4-8-12(14)15(17-13)11-6-2-1-3-7-11/h1-10,13H. The summed E-state index contributed by atoms with van der Waals surface area (Å²) in [5, 5.41) is 0. The van der Waals surface area contributed by atoms with E-state index in [9.17, 15) is 9.59 Å². The summed E-state index contributed by atoms with van der Waals surface area (Å²) in [5.74, 6) is -0.233. The van der Waals surface area contributed by atoms with Gasteiger partial charge in [-0.15, -0.1) is 0 Å². The van der Waals surface area contributed by atoms with E-state index in [2.05, 4.69) is 4.99 Å². The monoisotopic (exact) mass is 265 g/mol. The quantitative estimate of drug-likeness (QED) is 0.361. The summed E-state index contributed by atoms with van der Waals surface area (Å²) < 4.78 is 5.23. The minimum atomic E-state index is -1.13. The molecule has 0 amide bonds. The molecule has 0 aromatic heterocycles. The Kier molecular flexibility index (Phi) is 3.13. The van der Waals surface area contributed by atoms with Crippen LogP contribution in [0.1, 0.15) is 11.1 Å². The Balaban J connectivity index is 2.22. The molecule has 0 spiro atoms. The third-order valence-corrected chi connectivity index (χ3v) is 3.04. The summed E-state index contributed by atoms with van der Waals surface area (Å²) >= 11 is 0. The number of aliphatic imine (C=N–C) groups is 1. The molecule has 20 heavy (non-hydrogen) atoms. The second kappa shape index (κ2) is 5.09. The predicted molar refractivity (Wildman–Crippen MR) is 74.0 cm³/mol. The molecule has 2 aromatic carbocycles. The number of aldehydes is 1. The number of esters is 1. The molecule has 1 aliphatic rings. The highest BCUT2D eigenvalue weighted by molar-refractivity contribution is 6.17. The van der Waals surface area contributed by atoms with Crippen molar-refractivity contribution in [2.24, 2.45) is 4.99 Å². The molecule has 1 unspecified atom stereocenters. The molecule has 0 radical (unpaired) electrons. The zero-order valence-corrected chi connectivity index (χ0v) is 10.5. The van der Waals surface area contributed by atoms with Crippen LogP contribution in [0.25, 0.3) is 0 Å². The average Bonchev–Trinajstić information content (AvgIpc) is 2.64. The molecule has 0 bridgehead atoms. The van der Waals surface area contributed by atoms with E-state index in [0.717, 1.165) is 5.56 Å². The van der Waals surface area contributed by atoms with Gasteiger partial charge in [-0.2, -0.15) is 0 Å². The highest BCUT2D eigenvalue weighted by Crippen LogP contribution is 2.25. The minimum absolute atomic E-state index is 0.421. The molecular weight excluding hydrogens is 254 g/mol. The molecule has 0 fully saturated rings. The van der Waals surface area contributed by atoms with Gasteiger partial charge in [-0.25, -0.2) is 4.79 Å². The first-order valence-corrected chi connectivity index (χ1v) is 6.19. The van der Waals surface area contributed by atoms with Crippen molar-refractivity contribution >= 4 is 18.0 Å². The van der Waals surface area contributed by atoms with Crippen LogP contribution in [-0.2, 0) is 9.59 Å². The molecule has 0 aliphatic carbocycles. The summed E-state index contributed by atoms with van der Waals surface area (Å²) in [7, 11) is 0. The van der Waals surface area contributed by atoms with Gasteiger partial charge in [0.05, 0.1) is 5.71 Å². The number of hydrogen-bond donors (Lipinski definition) is 0. The van der Waals surface area contributed by atoms with E-state index >= 15 is 0 Å². The van der Waals surface area contributed by atoms with Crippen LogP contribution in [-0.4, -0.2) is 24.0 Å². The van der Waals surface area contributed by atoms with Crippen LogP contribution < -0.4 is 4.74 Å². The van der Waals surface area contributed by atoms with Crippen molar-refractivity contribution < 1.29 is 14.3 Å². The van der Waals surface area contributed by atoms with Gasteiger partial charge in [0.25, 0.3) is 0 Å². The predicted octanol–water partition coefficient (Wildman–Crippen LogP) is 2.01.